The van der Waals surface area contributed by atoms with Gasteiger partial charge in [0.1, 0.15) is 17.2 Å². The highest BCUT2D eigenvalue weighted by molar-refractivity contribution is 7.10. The highest BCUT2D eigenvalue weighted by atomic mass is 32.1. The molecule has 0 fully saturated rings. The molecule has 0 bridgehead atoms. The molecule has 0 aromatic carbocycles. The molecule has 0 aliphatic carbocycles. The zero-order chi connectivity index (χ0) is 14.8. The van der Waals surface area contributed by atoms with Gasteiger partial charge in [-0.15, -0.1) is 11.3 Å². The minimum Gasteiger partial charge on any atom is -0.478 e. The summed E-state index contributed by atoms with van der Waals surface area (Å²) in [6, 6.07) is 4.97. The molecule has 106 valence electrons. The lowest BCUT2D eigenvalue weighted by molar-refractivity contribution is 0.0697. The molecule has 0 amide bonds. The van der Waals surface area contributed by atoms with Crippen LogP contribution < -0.4 is 5.32 Å². The highest BCUT2D eigenvalue weighted by Crippen LogP contribution is 2.28. The molecule has 20 heavy (non-hydrogen) atoms. The molecule has 0 unspecified atom stereocenters. The smallest absolute Gasteiger partial charge is 0.339 e. The Hall–Kier alpha value is -1.95. The van der Waals surface area contributed by atoms with Crippen LogP contribution in [0.15, 0.2) is 29.8 Å². The van der Waals surface area contributed by atoms with Crippen molar-refractivity contribution in [2.75, 3.05) is 11.9 Å². The third kappa shape index (κ3) is 3.14. The number of carboxylic acid groups (broad SMARTS) is 1. The van der Waals surface area contributed by atoms with Crippen LogP contribution in [0.3, 0.4) is 0 Å². The first-order chi connectivity index (χ1) is 9.40. The van der Waals surface area contributed by atoms with Gasteiger partial charge in [-0.05, 0) is 17.5 Å². The van der Waals surface area contributed by atoms with Crippen LogP contribution in [-0.4, -0.2) is 22.6 Å². The number of halogens is 1. The zero-order valence-corrected chi connectivity index (χ0v) is 12.0. The van der Waals surface area contributed by atoms with Crippen LogP contribution in [0.25, 0.3) is 0 Å². The van der Waals surface area contributed by atoms with E-state index in [0.29, 0.717) is 6.54 Å². The van der Waals surface area contributed by atoms with Gasteiger partial charge >= 0.3 is 5.97 Å². The Morgan fingerprint density at radius 2 is 2.30 bits per heavy atom. The number of thiophene rings is 1. The average molecular weight is 294 g/mol. The van der Waals surface area contributed by atoms with E-state index >= 15 is 0 Å². The molecule has 0 aliphatic heterocycles. The van der Waals surface area contributed by atoms with Crippen LogP contribution in [0.2, 0.25) is 0 Å². The van der Waals surface area contributed by atoms with Crippen molar-refractivity contribution in [3.63, 3.8) is 0 Å². The second-order valence-electron chi connectivity index (χ2n) is 5.07. The lowest BCUT2D eigenvalue weighted by atomic mass is 9.91. The van der Waals surface area contributed by atoms with Crippen LogP contribution in [0.1, 0.15) is 29.1 Å². The van der Waals surface area contributed by atoms with Crippen molar-refractivity contribution < 1.29 is 14.3 Å². The first-order valence-electron chi connectivity index (χ1n) is 6.07. The first-order valence-corrected chi connectivity index (χ1v) is 6.95. The van der Waals surface area contributed by atoms with Crippen molar-refractivity contribution in [1.29, 1.82) is 0 Å². The van der Waals surface area contributed by atoms with Crippen LogP contribution in [0, 0.1) is 5.82 Å². The standard InChI is InChI=1S/C14H15FN2O2S/c1-14(2,11-4-3-5-20-11)8-17-12-10(13(18)19)6-9(15)7-16-12/h3-7H,8H2,1-2H3,(H,16,17)(H,18,19). The Balaban J connectivity index is 2.17. The second-order valence-corrected chi connectivity index (χ2v) is 6.02. The summed E-state index contributed by atoms with van der Waals surface area (Å²) in [6.45, 7) is 4.61. The van der Waals surface area contributed by atoms with E-state index in [1.54, 1.807) is 11.3 Å². The van der Waals surface area contributed by atoms with Crippen LogP contribution >= 0.6 is 11.3 Å². The summed E-state index contributed by atoms with van der Waals surface area (Å²) in [5.41, 5.74) is -0.327. The normalized spacial score (nSPS) is 11.3. The predicted molar refractivity (Wildman–Crippen MR) is 77.0 cm³/mol. The molecule has 0 saturated carbocycles. The fourth-order valence-corrected chi connectivity index (χ4v) is 2.65. The third-order valence-corrected chi connectivity index (χ3v) is 4.21. The maximum absolute atomic E-state index is 13.1. The van der Waals surface area contributed by atoms with Crippen molar-refractivity contribution >= 4 is 23.1 Å². The summed E-state index contributed by atoms with van der Waals surface area (Å²) < 4.78 is 13.1. The van der Waals surface area contributed by atoms with Crippen LogP contribution in [0.4, 0.5) is 10.2 Å². The van der Waals surface area contributed by atoms with Gasteiger partial charge in [0, 0.05) is 16.8 Å². The molecule has 2 N–H and O–H groups in total. The number of nitrogens with one attached hydrogen (secondary N) is 1. The summed E-state index contributed by atoms with van der Waals surface area (Å²) in [4.78, 5) is 16.1. The number of carbonyl (C=O) groups is 1. The maximum atomic E-state index is 13.1. The van der Waals surface area contributed by atoms with Crippen LogP contribution in [-0.2, 0) is 5.41 Å². The molecule has 4 nitrogen and oxygen atoms in total. The van der Waals surface area contributed by atoms with E-state index in [9.17, 15) is 9.18 Å². The summed E-state index contributed by atoms with van der Waals surface area (Å²) in [5, 5.41) is 14.1. The molecule has 0 saturated heterocycles. The van der Waals surface area contributed by atoms with E-state index in [-0.39, 0.29) is 16.8 Å². The molecule has 2 rings (SSSR count). The number of hydrogen-bond acceptors (Lipinski definition) is 4. The average Bonchev–Trinajstić information content (AvgIpc) is 2.91. The Morgan fingerprint density at radius 1 is 1.55 bits per heavy atom. The maximum Gasteiger partial charge on any atom is 0.339 e. The molecule has 0 radical (unpaired) electrons. The van der Waals surface area contributed by atoms with Crippen LogP contribution in [0.5, 0.6) is 0 Å². The lowest BCUT2D eigenvalue weighted by Crippen LogP contribution is -2.27. The van der Waals surface area contributed by atoms with E-state index in [2.05, 4.69) is 24.1 Å². The predicted octanol–water partition coefficient (Wildman–Crippen LogP) is 3.37. The van der Waals surface area contributed by atoms with Crippen molar-refractivity contribution in [2.45, 2.75) is 19.3 Å². The number of pyridine rings is 1. The number of aromatic nitrogens is 1. The highest BCUT2D eigenvalue weighted by Gasteiger charge is 2.23. The van der Waals surface area contributed by atoms with Gasteiger partial charge in [0.05, 0.1) is 6.20 Å². The Labute approximate surface area is 120 Å². The minimum absolute atomic E-state index is 0.160. The first kappa shape index (κ1) is 14.5. The fourth-order valence-electron chi connectivity index (χ4n) is 1.80. The van der Waals surface area contributed by atoms with Gasteiger partial charge in [0.2, 0.25) is 0 Å². The van der Waals surface area contributed by atoms with Gasteiger partial charge in [-0.2, -0.15) is 0 Å². The largest absolute Gasteiger partial charge is 0.478 e. The summed E-state index contributed by atoms with van der Waals surface area (Å²) in [5.74, 6) is -1.68. The Bertz CT molecular complexity index is 612. The Kier molecular flexibility index (Phi) is 4.04. The monoisotopic (exact) mass is 294 g/mol. The number of aromatic carboxylic acids is 1. The fraction of sp³-hybridized carbons (Fsp3) is 0.286. The third-order valence-electron chi connectivity index (χ3n) is 2.97. The van der Waals surface area contributed by atoms with Crippen molar-refractivity contribution in [2.24, 2.45) is 0 Å². The van der Waals surface area contributed by atoms with Gasteiger partial charge in [-0.25, -0.2) is 14.2 Å². The SMILES string of the molecule is CC(C)(CNc1ncc(F)cc1C(=O)O)c1cccs1. The topological polar surface area (TPSA) is 62.2 Å². The molecule has 2 heterocycles. The van der Waals surface area contributed by atoms with Gasteiger partial charge < -0.3 is 10.4 Å². The van der Waals surface area contributed by atoms with Gasteiger partial charge in [-0.3, -0.25) is 0 Å². The molecule has 0 atom stereocenters. The number of anilines is 1. The van der Waals surface area contributed by atoms with E-state index in [0.717, 1.165) is 12.3 Å². The Morgan fingerprint density at radius 3 is 2.90 bits per heavy atom. The van der Waals surface area contributed by atoms with E-state index in [1.165, 1.54) is 4.88 Å². The molecule has 2 aromatic heterocycles. The molecule has 0 aliphatic rings. The van der Waals surface area contributed by atoms with E-state index in [1.807, 2.05) is 17.5 Å². The summed E-state index contributed by atoms with van der Waals surface area (Å²) in [7, 11) is 0. The quantitative estimate of drug-likeness (QED) is 0.887. The molecule has 2 aromatic rings. The number of rotatable bonds is 5. The van der Waals surface area contributed by atoms with Gasteiger partial charge in [0.25, 0.3) is 0 Å². The minimum atomic E-state index is -1.20. The van der Waals surface area contributed by atoms with Gasteiger partial charge in [-0.1, -0.05) is 19.9 Å². The van der Waals surface area contributed by atoms with E-state index < -0.39 is 11.8 Å². The molecule has 6 heteroatoms. The van der Waals surface area contributed by atoms with Crippen molar-refractivity contribution in [3.8, 4) is 0 Å². The molecular formula is C14H15FN2O2S. The van der Waals surface area contributed by atoms with E-state index in [4.69, 9.17) is 5.11 Å². The molecule has 0 spiro atoms. The van der Waals surface area contributed by atoms with Crippen molar-refractivity contribution in [1.82, 2.24) is 4.98 Å². The number of carboxylic acids is 1. The van der Waals surface area contributed by atoms with Crippen molar-refractivity contribution in [3.05, 3.63) is 46.0 Å². The summed E-state index contributed by atoms with van der Waals surface area (Å²) in [6.07, 6.45) is 1.01. The van der Waals surface area contributed by atoms with Gasteiger partial charge in [0.15, 0.2) is 0 Å². The summed E-state index contributed by atoms with van der Waals surface area (Å²) >= 11 is 1.64. The zero-order valence-electron chi connectivity index (χ0n) is 11.2. The second kappa shape index (κ2) is 5.58. The number of hydrogen-bond donors (Lipinski definition) is 2. The lowest BCUT2D eigenvalue weighted by Gasteiger charge is -2.24. The number of nitrogens with zero attached hydrogens (tertiary/aromatic N) is 1. The molecular weight excluding hydrogens is 279 g/mol.